The van der Waals surface area contributed by atoms with Crippen LogP contribution in [0.4, 0.5) is 0 Å². The summed E-state index contributed by atoms with van der Waals surface area (Å²) in [5.41, 5.74) is 2.30. The lowest BCUT2D eigenvalue weighted by Crippen LogP contribution is -2.30. The molecule has 114 valence electrons. The number of carbonyl (C=O) groups is 1. The maximum Gasteiger partial charge on any atom is 0.222 e. The molecule has 1 atom stereocenters. The highest BCUT2D eigenvalue weighted by Crippen LogP contribution is 2.23. The van der Waals surface area contributed by atoms with E-state index in [0.29, 0.717) is 6.54 Å². The molecule has 2 N–H and O–H groups in total. The fourth-order valence-electron chi connectivity index (χ4n) is 2.55. The van der Waals surface area contributed by atoms with Crippen LogP contribution in [-0.4, -0.2) is 24.5 Å². The first-order valence-electron chi connectivity index (χ1n) is 7.57. The van der Waals surface area contributed by atoms with Crippen LogP contribution in [0.15, 0.2) is 24.4 Å². The number of hydrogen-bond donors (Lipinski definition) is 2. The van der Waals surface area contributed by atoms with Gasteiger partial charge in [-0.3, -0.25) is 4.79 Å². The van der Waals surface area contributed by atoms with Gasteiger partial charge >= 0.3 is 0 Å². The number of aromatic amines is 1. The van der Waals surface area contributed by atoms with Crippen molar-refractivity contribution >= 4 is 16.8 Å². The molecular weight excluding hydrogens is 264 g/mol. The highest BCUT2D eigenvalue weighted by Gasteiger charge is 2.11. The molecular formula is C17H24N2O2. The van der Waals surface area contributed by atoms with Crippen molar-refractivity contribution in [2.75, 3.05) is 13.7 Å². The normalized spacial score (nSPS) is 12.3. The van der Waals surface area contributed by atoms with Crippen molar-refractivity contribution in [1.29, 1.82) is 0 Å². The predicted octanol–water partition coefficient (Wildman–Crippen LogP) is 3.27. The smallest absolute Gasteiger partial charge is 0.222 e. The lowest BCUT2D eigenvalue weighted by Gasteiger charge is -2.10. The monoisotopic (exact) mass is 288 g/mol. The van der Waals surface area contributed by atoms with Gasteiger partial charge in [0.1, 0.15) is 5.75 Å². The molecule has 1 amide bonds. The number of H-pyrrole nitrogens is 1. The molecule has 21 heavy (non-hydrogen) atoms. The SMILES string of the molecule is CCCC(C)C(=O)NCCc1c[nH]c2ccc(OC)cc12. The van der Waals surface area contributed by atoms with Gasteiger partial charge in [-0.1, -0.05) is 20.3 Å². The molecule has 0 aliphatic heterocycles. The quantitative estimate of drug-likeness (QED) is 0.821. The van der Waals surface area contributed by atoms with Crippen LogP contribution in [0.5, 0.6) is 5.75 Å². The van der Waals surface area contributed by atoms with E-state index in [0.717, 1.165) is 35.9 Å². The lowest BCUT2D eigenvalue weighted by atomic mass is 10.1. The second kappa shape index (κ2) is 7.16. The number of benzene rings is 1. The number of methoxy groups -OCH3 is 1. The second-order valence-electron chi connectivity index (χ2n) is 5.46. The summed E-state index contributed by atoms with van der Waals surface area (Å²) in [6.07, 6.45) is 4.80. The third-order valence-corrected chi connectivity index (χ3v) is 3.84. The van der Waals surface area contributed by atoms with E-state index < -0.39 is 0 Å². The van der Waals surface area contributed by atoms with Gasteiger partial charge in [-0.2, -0.15) is 0 Å². The predicted molar refractivity (Wildman–Crippen MR) is 85.6 cm³/mol. The van der Waals surface area contributed by atoms with Crippen LogP contribution in [0.1, 0.15) is 32.3 Å². The Morgan fingerprint density at radius 1 is 1.43 bits per heavy atom. The molecule has 1 unspecified atom stereocenters. The van der Waals surface area contributed by atoms with Crippen LogP contribution in [0, 0.1) is 5.92 Å². The zero-order valence-corrected chi connectivity index (χ0v) is 13.0. The Bertz CT molecular complexity index is 604. The number of nitrogens with one attached hydrogen (secondary N) is 2. The van der Waals surface area contributed by atoms with Crippen molar-refractivity contribution in [1.82, 2.24) is 10.3 Å². The highest BCUT2D eigenvalue weighted by molar-refractivity contribution is 5.84. The van der Waals surface area contributed by atoms with Crippen molar-refractivity contribution in [3.8, 4) is 5.75 Å². The molecule has 4 nitrogen and oxygen atoms in total. The minimum Gasteiger partial charge on any atom is -0.497 e. The Morgan fingerprint density at radius 2 is 2.24 bits per heavy atom. The molecule has 0 saturated carbocycles. The maximum atomic E-state index is 11.9. The van der Waals surface area contributed by atoms with Gasteiger partial charge in [0.25, 0.3) is 0 Å². The Labute approximate surface area is 125 Å². The second-order valence-corrected chi connectivity index (χ2v) is 5.46. The topological polar surface area (TPSA) is 54.1 Å². The molecule has 2 aromatic rings. The summed E-state index contributed by atoms with van der Waals surface area (Å²) < 4.78 is 5.26. The third-order valence-electron chi connectivity index (χ3n) is 3.84. The number of aromatic nitrogens is 1. The van der Waals surface area contributed by atoms with E-state index in [-0.39, 0.29) is 11.8 Å². The summed E-state index contributed by atoms with van der Waals surface area (Å²) in [5, 5.41) is 4.17. The average Bonchev–Trinajstić information content (AvgIpc) is 2.89. The Kier molecular flexibility index (Phi) is 5.26. The maximum absolute atomic E-state index is 11.9. The zero-order chi connectivity index (χ0) is 15.2. The zero-order valence-electron chi connectivity index (χ0n) is 13.0. The van der Waals surface area contributed by atoms with Crippen LogP contribution in [0.2, 0.25) is 0 Å². The first-order chi connectivity index (χ1) is 10.2. The van der Waals surface area contributed by atoms with Crippen molar-refractivity contribution in [3.05, 3.63) is 30.0 Å². The van der Waals surface area contributed by atoms with Gasteiger partial charge in [-0.05, 0) is 36.6 Å². The van der Waals surface area contributed by atoms with E-state index in [4.69, 9.17) is 4.74 Å². The van der Waals surface area contributed by atoms with E-state index in [1.807, 2.05) is 31.3 Å². The first-order valence-corrected chi connectivity index (χ1v) is 7.57. The lowest BCUT2D eigenvalue weighted by molar-refractivity contribution is -0.124. The van der Waals surface area contributed by atoms with E-state index in [2.05, 4.69) is 17.2 Å². The fraction of sp³-hybridized carbons (Fsp3) is 0.471. The van der Waals surface area contributed by atoms with E-state index in [9.17, 15) is 4.79 Å². The minimum absolute atomic E-state index is 0.0954. The van der Waals surface area contributed by atoms with Crippen LogP contribution >= 0.6 is 0 Å². The summed E-state index contributed by atoms with van der Waals surface area (Å²) in [7, 11) is 1.67. The van der Waals surface area contributed by atoms with Gasteiger partial charge in [0, 0.05) is 29.6 Å². The highest BCUT2D eigenvalue weighted by atomic mass is 16.5. The number of carbonyl (C=O) groups excluding carboxylic acids is 1. The molecule has 4 heteroatoms. The Balaban J connectivity index is 1.96. The molecule has 0 bridgehead atoms. The molecule has 0 saturated heterocycles. The summed E-state index contributed by atoms with van der Waals surface area (Å²) in [4.78, 5) is 15.1. The number of hydrogen-bond acceptors (Lipinski definition) is 2. The molecule has 2 rings (SSSR count). The Hall–Kier alpha value is -1.97. The largest absolute Gasteiger partial charge is 0.497 e. The van der Waals surface area contributed by atoms with Gasteiger partial charge in [0.05, 0.1) is 7.11 Å². The van der Waals surface area contributed by atoms with Crippen molar-refractivity contribution in [2.24, 2.45) is 5.92 Å². The van der Waals surface area contributed by atoms with Gasteiger partial charge < -0.3 is 15.0 Å². The third kappa shape index (κ3) is 3.78. The number of amides is 1. The van der Waals surface area contributed by atoms with Crippen molar-refractivity contribution in [2.45, 2.75) is 33.1 Å². The fourth-order valence-corrected chi connectivity index (χ4v) is 2.55. The van der Waals surface area contributed by atoms with Crippen LogP contribution < -0.4 is 10.1 Å². The van der Waals surface area contributed by atoms with Gasteiger partial charge in [0.15, 0.2) is 0 Å². The average molecular weight is 288 g/mol. The van der Waals surface area contributed by atoms with Crippen LogP contribution in [0.3, 0.4) is 0 Å². The van der Waals surface area contributed by atoms with E-state index >= 15 is 0 Å². The number of fused-ring (bicyclic) bond motifs is 1. The van der Waals surface area contributed by atoms with Crippen LogP contribution in [0.25, 0.3) is 10.9 Å². The molecule has 1 aromatic heterocycles. The molecule has 0 aliphatic carbocycles. The standard InChI is InChI=1S/C17H24N2O2/c1-4-5-12(2)17(20)18-9-8-13-11-19-16-7-6-14(21-3)10-15(13)16/h6-7,10-12,19H,4-5,8-9H2,1-3H3,(H,18,20). The summed E-state index contributed by atoms with van der Waals surface area (Å²) in [5.74, 6) is 1.09. The summed E-state index contributed by atoms with van der Waals surface area (Å²) in [6.45, 7) is 4.75. The summed E-state index contributed by atoms with van der Waals surface area (Å²) >= 11 is 0. The number of rotatable bonds is 7. The van der Waals surface area contributed by atoms with Crippen molar-refractivity contribution in [3.63, 3.8) is 0 Å². The first kappa shape index (κ1) is 15.4. The Morgan fingerprint density at radius 3 is 2.95 bits per heavy atom. The van der Waals surface area contributed by atoms with Gasteiger partial charge in [-0.25, -0.2) is 0 Å². The molecule has 0 spiro atoms. The summed E-state index contributed by atoms with van der Waals surface area (Å²) in [6, 6.07) is 5.99. The van der Waals surface area contributed by atoms with Gasteiger partial charge in [0.2, 0.25) is 5.91 Å². The minimum atomic E-state index is 0.0954. The van der Waals surface area contributed by atoms with Crippen molar-refractivity contribution < 1.29 is 9.53 Å². The molecule has 1 heterocycles. The van der Waals surface area contributed by atoms with Crippen LogP contribution in [-0.2, 0) is 11.2 Å². The van der Waals surface area contributed by atoms with E-state index in [1.54, 1.807) is 7.11 Å². The molecule has 0 fully saturated rings. The molecule has 0 aliphatic rings. The number of ether oxygens (including phenoxy) is 1. The molecule has 0 radical (unpaired) electrons. The van der Waals surface area contributed by atoms with Gasteiger partial charge in [-0.15, -0.1) is 0 Å². The van der Waals surface area contributed by atoms with E-state index in [1.165, 1.54) is 5.56 Å². The molecule has 1 aromatic carbocycles.